The van der Waals surface area contributed by atoms with Crippen molar-refractivity contribution >= 4 is 17.8 Å². The van der Waals surface area contributed by atoms with E-state index in [1.54, 1.807) is 9.80 Å². The Bertz CT molecular complexity index is 469. The monoisotopic (exact) mass is 310 g/mol. The number of nitrogens with zero attached hydrogens (tertiary/aromatic N) is 2. The molecule has 1 N–H and O–H groups in total. The first-order valence-corrected chi connectivity index (χ1v) is 7.96. The number of carbonyl (C=O) groups excluding carboxylic acids is 2. The quantitative estimate of drug-likeness (QED) is 0.853. The molecule has 6 heteroatoms. The molecule has 6 nitrogen and oxygen atoms in total. The van der Waals surface area contributed by atoms with E-state index in [2.05, 4.69) is 0 Å². The Morgan fingerprint density at radius 1 is 1.00 bits per heavy atom. The second-order valence-corrected chi connectivity index (χ2v) is 7.54. The first-order chi connectivity index (χ1) is 10.2. The van der Waals surface area contributed by atoms with E-state index in [1.165, 1.54) is 0 Å². The van der Waals surface area contributed by atoms with Gasteiger partial charge in [-0.3, -0.25) is 14.4 Å². The topological polar surface area (TPSA) is 77.9 Å². The molecular weight excluding hydrogens is 284 g/mol. The molecule has 1 saturated heterocycles. The van der Waals surface area contributed by atoms with Crippen LogP contribution in [-0.4, -0.2) is 58.9 Å². The lowest BCUT2D eigenvalue weighted by Crippen LogP contribution is -2.54. The molecule has 2 fully saturated rings. The average Bonchev–Trinajstić information content (AvgIpc) is 2.40. The van der Waals surface area contributed by atoms with Gasteiger partial charge >= 0.3 is 5.97 Å². The van der Waals surface area contributed by atoms with Crippen molar-refractivity contribution < 1.29 is 19.5 Å². The molecule has 1 aliphatic carbocycles. The molecule has 1 saturated carbocycles. The predicted octanol–water partition coefficient (Wildman–Crippen LogP) is 1.35. The molecule has 0 radical (unpaired) electrons. The van der Waals surface area contributed by atoms with Crippen molar-refractivity contribution in [3.63, 3.8) is 0 Å². The average molecular weight is 310 g/mol. The van der Waals surface area contributed by atoms with E-state index in [0.717, 1.165) is 6.42 Å². The SMILES string of the molecule is CC(C)(C)C(=O)N1CCN(C(=O)CC2(C(=O)O)CCC2)CC1. The number of hydrogen-bond acceptors (Lipinski definition) is 3. The van der Waals surface area contributed by atoms with Crippen LogP contribution in [0.25, 0.3) is 0 Å². The van der Waals surface area contributed by atoms with Crippen LogP contribution in [0.3, 0.4) is 0 Å². The van der Waals surface area contributed by atoms with Crippen LogP contribution >= 0.6 is 0 Å². The lowest BCUT2D eigenvalue weighted by Gasteiger charge is -2.41. The fourth-order valence-electron chi connectivity index (χ4n) is 3.10. The van der Waals surface area contributed by atoms with E-state index >= 15 is 0 Å². The van der Waals surface area contributed by atoms with E-state index in [1.807, 2.05) is 20.8 Å². The Morgan fingerprint density at radius 2 is 1.50 bits per heavy atom. The van der Waals surface area contributed by atoms with Gasteiger partial charge in [-0.1, -0.05) is 27.2 Å². The highest BCUT2D eigenvalue weighted by molar-refractivity contribution is 5.86. The second-order valence-electron chi connectivity index (χ2n) is 7.54. The molecule has 0 aromatic carbocycles. The van der Waals surface area contributed by atoms with E-state index in [4.69, 9.17) is 0 Å². The number of carbonyl (C=O) groups is 3. The van der Waals surface area contributed by atoms with Crippen LogP contribution in [-0.2, 0) is 14.4 Å². The molecule has 2 rings (SSSR count). The predicted molar refractivity (Wildman–Crippen MR) is 81.2 cm³/mol. The van der Waals surface area contributed by atoms with Crippen LogP contribution in [0.2, 0.25) is 0 Å². The highest BCUT2D eigenvalue weighted by Gasteiger charge is 2.46. The zero-order valence-electron chi connectivity index (χ0n) is 13.7. The van der Waals surface area contributed by atoms with Crippen LogP contribution in [0.4, 0.5) is 0 Å². The summed E-state index contributed by atoms with van der Waals surface area (Å²) in [7, 11) is 0. The number of amides is 2. The number of hydrogen-bond donors (Lipinski definition) is 1. The molecular formula is C16H26N2O4. The van der Waals surface area contributed by atoms with Crippen molar-refractivity contribution in [2.75, 3.05) is 26.2 Å². The summed E-state index contributed by atoms with van der Waals surface area (Å²) < 4.78 is 0. The van der Waals surface area contributed by atoms with Crippen molar-refractivity contribution in [3.05, 3.63) is 0 Å². The Hall–Kier alpha value is -1.59. The molecule has 0 atom stereocenters. The minimum absolute atomic E-state index is 0.0926. The van der Waals surface area contributed by atoms with Gasteiger partial charge in [-0.15, -0.1) is 0 Å². The summed E-state index contributed by atoms with van der Waals surface area (Å²) in [5.41, 5.74) is -1.25. The lowest BCUT2D eigenvalue weighted by molar-refractivity contribution is -0.160. The molecule has 0 aromatic heterocycles. The molecule has 22 heavy (non-hydrogen) atoms. The zero-order valence-corrected chi connectivity index (χ0v) is 13.7. The van der Waals surface area contributed by atoms with E-state index in [9.17, 15) is 19.5 Å². The van der Waals surface area contributed by atoms with Gasteiger partial charge in [0.15, 0.2) is 0 Å². The smallest absolute Gasteiger partial charge is 0.310 e. The third-order valence-electron chi connectivity index (χ3n) is 4.82. The standard InChI is InChI=1S/C16H26N2O4/c1-15(2,3)13(20)18-9-7-17(8-10-18)12(19)11-16(14(21)22)5-4-6-16/h4-11H2,1-3H3,(H,21,22). The van der Waals surface area contributed by atoms with Gasteiger partial charge in [-0.25, -0.2) is 0 Å². The van der Waals surface area contributed by atoms with Crippen molar-refractivity contribution in [2.24, 2.45) is 10.8 Å². The molecule has 2 aliphatic rings. The Morgan fingerprint density at radius 3 is 1.86 bits per heavy atom. The Kier molecular flexibility index (Phi) is 4.49. The van der Waals surface area contributed by atoms with Gasteiger partial charge in [0.2, 0.25) is 11.8 Å². The highest BCUT2D eigenvalue weighted by Crippen LogP contribution is 2.44. The number of piperazine rings is 1. The summed E-state index contributed by atoms with van der Waals surface area (Å²) in [6.07, 6.45) is 2.16. The Balaban J connectivity index is 1.88. The summed E-state index contributed by atoms with van der Waals surface area (Å²) in [5, 5.41) is 9.31. The molecule has 124 valence electrons. The second kappa shape index (κ2) is 5.89. The maximum Gasteiger partial charge on any atom is 0.310 e. The largest absolute Gasteiger partial charge is 0.481 e. The first kappa shape index (κ1) is 16.8. The number of aliphatic carboxylic acids is 1. The summed E-state index contributed by atoms with van der Waals surface area (Å²) in [5.74, 6) is -0.848. The van der Waals surface area contributed by atoms with Gasteiger partial charge in [-0.05, 0) is 12.8 Å². The minimum atomic E-state index is -0.853. The van der Waals surface area contributed by atoms with Crippen LogP contribution in [0.15, 0.2) is 0 Å². The van der Waals surface area contributed by atoms with Crippen molar-refractivity contribution in [1.82, 2.24) is 9.80 Å². The van der Waals surface area contributed by atoms with Gasteiger partial charge in [0.1, 0.15) is 0 Å². The van der Waals surface area contributed by atoms with Gasteiger partial charge in [0.25, 0.3) is 0 Å². The van der Waals surface area contributed by atoms with Gasteiger partial charge in [-0.2, -0.15) is 0 Å². The number of carboxylic acid groups (broad SMARTS) is 1. The Labute approximate surface area is 131 Å². The maximum atomic E-state index is 12.3. The van der Waals surface area contributed by atoms with Crippen molar-refractivity contribution in [1.29, 1.82) is 0 Å². The zero-order chi connectivity index (χ0) is 16.5. The molecule has 1 heterocycles. The van der Waals surface area contributed by atoms with Gasteiger partial charge < -0.3 is 14.9 Å². The number of carboxylic acids is 1. The molecule has 1 aliphatic heterocycles. The molecule has 0 bridgehead atoms. The molecule has 0 spiro atoms. The summed E-state index contributed by atoms with van der Waals surface area (Å²) in [4.78, 5) is 39.4. The van der Waals surface area contributed by atoms with E-state index in [-0.39, 0.29) is 18.2 Å². The third kappa shape index (κ3) is 3.25. The fourth-order valence-corrected chi connectivity index (χ4v) is 3.10. The summed E-state index contributed by atoms with van der Waals surface area (Å²) in [6.45, 7) is 7.72. The first-order valence-electron chi connectivity index (χ1n) is 7.96. The maximum absolute atomic E-state index is 12.3. The van der Waals surface area contributed by atoms with Crippen molar-refractivity contribution in [2.45, 2.75) is 46.5 Å². The van der Waals surface area contributed by atoms with Gasteiger partial charge in [0.05, 0.1) is 5.41 Å². The number of rotatable bonds is 3. The normalized spacial score (nSPS) is 21.2. The van der Waals surface area contributed by atoms with Crippen LogP contribution in [0, 0.1) is 10.8 Å². The molecule has 0 unspecified atom stereocenters. The minimum Gasteiger partial charge on any atom is -0.481 e. The lowest BCUT2D eigenvalue weighted by atomic mass is 9.66. The van der Waals surface area contributed by atoms with Crippen LogP contribution < -0.4 is 0 Å². The van der Waals surface area contributed by atoms with E-state index < -0.39 is 16.8 Å². The third-order valence-corrected chi connectivity index (χ3v) is 4.82. The highest BCUT2D eigenvalue weighted by atomic mass is 16.4. The van der Waals surface area contributed by atoms with Crippen LogP contribution in [0.1, 0.15) is 46.5 Å². The van der Waals surface area contributed by atoms with E-state index in [0.29, 0.717) is 39.0 Å². The molecule has 2 amide bonds. The van der Waals surface area contributed by atoms with Crippen LogP contribution in [0.5, 0.6) is 0 Å². The molecule has 0 aromatic rings. The summed E-state index contributed by atoms with van der Waals surface area (Å²) >= 11 is 0. The van der Waals surface area contributed by atoms with Crippen molar-refractivity contribution in [3.8, 4) is 0 Å². The van der Waals surface area contributed by atoms with Gasteiger partial charge in [0, 0.05) is 38.0 Å². The fraction of sp³-hybridized carbons (Fsp3) is 0.812. The summed E-state index contributed by atoms with van der Waals surface area (Å²) in [6, 6.07) is 0.